The molecule has 0 radical (unpaired) electrons. The molecular formula is C13H24N2S. The minimum Gasteiger partial charge on any atom is -0.330 e. The van der Waals surface area contributed by atoms with Crippen molar-refractivity contribution < 1.29 is 0 Å². The summed E-state index contributed by atoms with van der Waals surface area (Å²) in [6.07, 6.45) is 1.16. The van der Waals surface area contributed by atoms with Crippen molar-refractivity contribution in [2.24, 2.45) is 11.7 Å². The monoisotopic (exact) mass is 240 g/mol. The van der Waals surface area contributed by atoms with Gasteiger partial charge in [0.05, 0.1) is 0 Å². The summed E-state index contributed by atoms with van der Waals surface area (Å²) in [7, 11) is 0. The van der Waals surface area contributed by atoms with E-state index in [0.29, 0.717) is 5.92 Å². The molecule has 0 aliphatic heterocycles. The molecule has 1 unspecified atom stereocenters. The summed E-state index contributed by atoms with van der Waals surface area (Å²) in [5, 5.41) is 5.69. The molecule has 16 heavy (non-hydrogen) atoms. The molecule has 1 aromatic heterocycles. The van der Waals surface area contributed by atoms with Gasteiger partial charge in [-0.3, -0.25) is 0 Å². The van der Waals surface area contributed by atoms with Crippen LogP contribution in [0, 0.1) is 5.92 Å². The topological polar surface area (TPSA) is 38.0 Å². The summed E-state index contributed by atoms with van der Waals surface area (Å²) in [6.45, 7) is 9.60. The largest absolute Gasteiger partial charge is 0.330 e. The van der Waals surface area contributed by atoms with Gasteiger partial charge >= 0.3 is 0 Å². The van der Waals surface area contributed by atoms with Crippen LogP contribution in [0.15, 0.2) is 17.5 Å². The third kappa shape index (κ3) is 3.89. The third-order valence-electron chi connectivity index (χ3n) is 3.10. The standard InChI is InChI=1S/C13H24N2S/c1-4-11(8-14)9-15-10-13(2,3)12-6-5-7-16-12/h5-7,11,15H,4,8-10,14H2,1-3H3. The molecule has 0 bridgehead atoms. The van der Waals surface area contributed by atoms with Crippen LogP contribution in [0.4, 0.5) is 0 Å². The molecule has 0 amide bonds. The lowest BCUT2D eigenvalue weighted by atomic mass is 9.91. The highest BCUT2D eigenvalue weighted by Gasteiger charge is 2.21. The molecule has 1 atom stereocenters. The zero-order chi connectivity index (χ0) is 12.0. The zero-order valence-corrected chi connectivity index (χ0v) is 11.4. The van der Waals surface area contributed by atoms with Gasteiger partial charge in [0.1, 0.15) is 0 Å². The Morgan fingerprint density at radius 1 is 1.50 bits per heavy atom. The van der Waals surface area contributed by atoms with Crippen LogP contribution in [0.1, 0.15) is 32.1 Å². The van der Waals surface area contributed by atoms with Crippen molar-refractivity contribution in [1.29, 1.82) is 0 Å². The second-order valence-electron chi connectivity index (χ2n) is 5.00. The van der Waals surface area contributed by atoms with Crippen LogP contribution in [-0.4, -0.2) is 19.6 Å². The number of thiophene rings is 1. The van der Waals surface area contributed by atoms with Crippen molar-refractivity contribution in [3.63, 3.8) is 0 Å². The average molecular weight is 240 g/mol. The van der Waals surface area contributed by atoms with Gasteiger partial charge in [-0.1, -0.05) is 33.3 Å². The van der Waals surface area contributed by atoms with Gasteiger partial charge in [0.15, 0.2) is 0 Å². The highest BCUT2D eigenvalue weighted by Crippen LogP contribution is 2.26. The molecular weight excluding hydrogens is 216 g/mol. The molecule has 0 aliphatic carbocycles. The van der Waals surface area contributed by atoms with E-state index >= 15 is 0 Å². The van der Waals surface area contributed by atoms with Crippen molar-refractivity contribution in [2.45, 2.75) is 32.6 Å². The lowest BCUT2D eigenvalue weighted by molar-refractivity contribution is 0.418. The highest BCUT2D eigenvalue weighted by atomic mass is 32.1. The fourth-order valence-electron chi connectivity index (χ4n) is 1.73. The maximum atomic E-state index is 5.69. The number of rotatable bonds is 7. The Morgan fingerprint density at radius 2 is 2.25 bits per heavy atom. The normalized spacial score (nSPS) is 14.0. The lowest BCUT2D eigenvalue weighted by Crippen LogP contribution is -2.36. The van der Waals surface area contributed by atoms with E-state index in [4.69, 9.17) is 5.73 Å². The van der Waals surface area contributed by atoms with Crippen LogP contribution in [0.5, 0.6) is 0 Å². The van der Waals surface area contributed by atoms with Gasteiger partial charge in [-0.2, -0.15) is 0 Å². The first kappa shape index (κ1) is 13.7. The van der Waals surface area contributed by atoms with Crippen LogP contribution in [0.2, 0.25) is 0 Å². The van der Waals surface area contributed by atoms with Crippen molar-refractivity contribution in [2.75, 3.05) is 19.6 Å². The Bertz CT molecular complexity index is 276. The average Bonchev–Trinajstić information content (AvgIpc) is 2.78. The van der Waals surface area contributed by atoms with E-state index in [0.717, 1.165) is 26.1 Å². The molecule has 1 rings (SSSR count). The van der Waals surface area contributed by atoms with E-state index in [1.807, 2.05) is 11.3 Å². The van der Waals surface area contributed by atoms with E-state index in [1.54, 1.807) is 0 Å². The van der Waals surface area contributed by atoms with E-state index in [2.05, 4.69) is 43.6 Å². The highest BCUT2D eigenvalue weighted by molar-refractivity contribution is 7.10. The first-order valence-electron chi connectivity index (χ1n) is 6.05. The number of nitrogens with two attached hydrogens (primary N) is 1. The molecule has 0 saturated carbocycles. The van der Waals surface area contributed by atoms with Crippen molar-refractivity contribution in [3.05, 3.63) is 22.4 Å². The van der Waals surface area contributed by atoms with Crippen molar-refractivity contribution >= 4 is 11.3 Å². The summed E-state index contributed by atoms with van der Waals surface area (Å²) in [6, 6.07) is 4.34. The minimum atomic E-state index is 0.223. The van der Waals surface area contributed by atoms with E-state index < -0.39 is 0 Å². The summed E-state index contributed by atoms with van der Waals surface area (Å²) in [4.78, 5) is 1.45. The quantitative estimate of drug-likeness (QED) is 0.769. The van der Waals surface area contributed by atoms with Gasteiger partial charge in [-0.15, -0.1) is 11.3 Å². The van der Waals surface area contributed by atoms with E-state index in [1.165, 1.54) is 4.88 Å². The molecule has 92 valence electrons. The molecule has 0 fully saturated rings. The van der Waals surface area contributed by atoms with Gasteiger partial charge in [-0.05, 0) is 30.5 Å². The number of nitrogens with one attached hydrogen (secondary N) is 1. The first-order valence-corrected chi connectivity index (χ1v) is 6.93. The lowest BCUT2D eigenvalue weighted by Gasteiger charge is -2.25. The summed E-state index contributed by atoms with van der Waals surface area (Å²) >= 11 is 1.84. The molecule has 0 spiro atoms. The summed E-state index contributed by atoms with van der Waals surface area (Å²) in [5.74, 6) is 0.610. The predicted octanol–water partition coefficient (Wildman–Crippen LogP) is 2.60. The second-order valence-corrected chi connectivity index (χ2v) is 5.95. The van der Waals surface area contributed by atoms with Crippen LogP contribution in [0.25, 0.3) is 0 Å². The molecule has 0 aromatic carbocycles. The Kier molecular flexibility index (Phi) is 5.46. The van der Waals surface area contributed by atoms with Crippen LogP contribution >= 0.6 is 11.3 Å². The van der Waals surface area contributed by atoms with Crippen molar-refractivity contribution in [3.8, 4) is 0 Å². The summed E-state index contributed by atoms with van der Waals surface area (Å²) in [5.41, 5.74) is 5.91. The minimum absolute atomic E-state index is 0.223. The van der Waals surface area contributed by atoms with Gasteiger partial charge in [0.2, 0.25) is 0 Å². The van der Waals surface area contributed by atoms with Gasteiger partial charge in [0, 0.05) is 16.8 Å². The fourth-order valence-corrected chi connectivity index (χ4v) is 2.59. The number of hydrogen-bond donors (Lipinski definition) is 2. The molecule has 2 nitrogen and oxygen atoms in total. The predicted molar refractivity (Wildman–Crippen MR) is 73.1 cm³/mol. The maximum Gasteiger partial charge on any atom is 0.0115 e. The Labute approximate surface area is 103 Å². The van der Waals surface area contributed by atoms with Crippen LogP contribution < -0.4 is 11.1 Å². The zero-order valence-electron chi connectivity index (χ0n) is 10.6. The summed E-state index contributed by atoms with van der Waals surface area (Å²) < 4.78 is 0. The Hall–Kier alpha value is -0.380. The Balaban J connectivity index is 2.37. The molecule has 0 saturated heterocycles. The van der Waals surface area contributed by atoms with Gasteiger partial charge in [0.25, 0.3) is 0 Å². The molecule has 1 aromatic rings. The van der Waals surface area contributed by atoms with E-state index in [-0.39, 0.29) is 5.41 Å². The van der Waals surface area contributed by atoms with Crippen molar-refractivity contribution in [1.82, 2.24) is 5.32 Å². The van der Waals surface area contributed by atoms with Gasteiger partial charge in [-0.25, -0.2) is 0 Å². The number of hydrogen-bond acceptors (Lipinski definition) is 3. The molecule has 1 heterocycles. The SMILES string of the molecule is CCC(CN)CNCC(C)(C)c1cccs1. The van der Waals surface area contributed by atoms with Crippen LogP contribution in [-0.2, 0) is 5.41 Å². The van der Waals surface area contributed by atoms with Gasteiger partial charge < -0.3 is 11.1 Å². The smallest absolute Gasteiger partial charge is 0.0115 e. The fraction of sp³-hybridized carbons (Fsp3) is 0.692. The maximum absolute atomic E-state index is 5.69. The molecule has 0 aliphatic rings. The molecule has 3 N–H and O–H groups in total. The second kappa shape index (κ2) is 6.38. The Morgan fingerprint density at radius 3 is 2.75 bits per heavy atom. The van der Waals surface area contributed by atoms with Crippen LogP contribution in [0.3, 0.4) is 0 Å². The van der Waals surface area contributed by atoms with E-state index in [9.17, 15) is 0 Å². The third-order valence-corrected chi connectivity index (χ3v) is 4.33. The molecule has 3 heteroatoms. The first-order chi connectivity index (χ1) is 7.60.